The molecule has 0 aromatic heterocycles. The largest absolute Gasteiger partial charge is 0.497 e. The lowest BCUT2D eigenvalue weighted by Crippen LogP contribution is -2.07. The predicted molar refractivity (Wildman–Crippen MR) is 63.0 cm³/mol. The smallest absolute Gasteiger partial charge is 0.248 e. The van der Waals surface area contributed by atoms with Gasteiger partial charge < -0.3 is 14.8 Å². The number of amides is 1. The maximum Gasteiger partial charge on any atom is 0.248 e. The maximum atomic E-state index is 11.3. The Kier molecular flexibility index (Phi) is 4.39. The van der Waals surface area contributed by atoms with Crippen LogP contribution in [0.2, 0.25) is 0 Å². The van der Waals surface area contributed by atoms with Crippen molar-refractivity contribution in [3.63, 3.8) is 0 Å². The minimum Gasteiger partial charge on any atom is -0.497 e. The molecule has 0 fully saturated rings. The van der Waals surface area contributed by atoms with Gasteiger partial charge in [-0.25, -0.2) is 0 Å². The average molecular weight is 221 g/mol. The summed E-state index contributed by atoms with van der Waals surface area (Å²) in [6, 6.07) is 5.19. The molecule has 86 valence electrons. The second kappa shape index (κ2) is 5.80. The summed E-state index contributed by atoms with van der Waals surface area (Å²) < 4.78 is 10.2. The molecule has 0 bridgehead atoms. The third-order valence-electron chi connectivity index (χ3n) is 1.94. The van der Waals surface area contributed by atoms with Gasteiger partial charge in [0.25, 0.3) is 0 Å². The molecule has 4 nitrogen and oxygen atoms in total. The van der Waals surface area contributed by atoms with E-state index in [2.05, 4.69) is 5.32 Å². The van der Waals surface area contributed by atoms with Crippen molar-refractivity contribution < 1.29 is 14.3 Å². The Morgan fingerprint density at radius 3 is 2.19 bits per heavy atom. The summed E-state index contributed by atoms with van der Waals surface area (Å²) in [6.45, 7) is 1.78. The molecule has 0 unspecified atom stereocenters. The Labute approximate surface area is 94.9 Å². The van der Waals surface area contributed by atoms with Crippen LogP contribution in [0.1, 0.15) is 6.92 Å². The molecule has 0 radical (unpaired) electrons. The van der Waals surface area contributed by atoms with E-state index in [9.17, 15) is 4.79 Å². The number of anilines is 1. The molecule has 4 heteroatoms. The van der Waals surface area contributed by atoms with E-state index in [0.717, 1.165) is 0 Å². The molecule has 0 spiro atoms. The minimum atomic E-state index is -0.183. The lowest BCUT2D eigenvalue weighted by atomic mass is 10.2. The van der Waals surface area contributed by atoms with E-state index in [1.807, 2.05) is 0 Å². The molecule has 1 aromatic rings. The monoisotopic (exact) mass is 221 g/mol. The zero-order valence-electron chi connectivity index (χ0n) is 9.61. The van der Waals surface area contributed by atoms with Crippen molar-refractivity contribution in [3.05, 3.63) is 30.4 Å². The molecule has 1 N–H and O–H groups in total. The van der Waals surface area contributed by atoms with Crippen LogP contribution in [0.25, 0.3) is 0 Å². The van der Waals surface area contributed by atoms with Crippen LogP contribution in [0.15, 0.2) is 30.4 Å². The highest BCUT2D eigenvalue weighted by molar-refractivity contribution is 5.99. The first-order valence-electron chi connectivity index (χ1n) is 4.86. The lowest BCUT2D eigenvalue weighted by Gasteiger charge is -2.08. The fourth-order valence-electron chi connectivity index (χ4n) is 1.21. The molecular weight excluding hydrogens is 206 g/mol. The number of allylic oxidation sites excluding steroid dienone is 1. The molecule has 1 rings (SSSR count). The van der Waals surface area contributed by atoms with Gasteiger partial charge in [0, 0.05) is 23.9 Å². The standard InChI is InChI=1S/C12H15NO3/c1-4-5-12(14)13-9-6-10(15-2)8-11(7-9)16-3/h4-8H,1-3H3,(H,13,14)/b5-4+. The minimum absolute atomic E-state index is 0.183. The number of carbonyl (C=O) groups is 1. The zero-order chi connectivity index (χ0) is 12.0. The molecule has 0 saturated heterocycles. The van der Waals surface area contributed by atoms with E-state index < -0.39 is 0 Å². The van der Waals surface area contributed by atoms with Gasteiger partial charge in [0.2, 0.25) is 5.91 Å². The molecule has 16 heavy (non-hydrogen) atoms. The Morgan fingerprint density at radius 2 is 1.75 bits per heavy atom. The molecule has 1 amide bonds. The second-order valence-corrected chi connectivity index (χ2v) is 3.09. The quantitative estimate of drug-likeness (QED) is 0.793. The highest BCUT2D eigenvalue weighted by Gasteiger charge is 2.03. The SMILES string of the molecule is C/C=C/C(=O)Nc1cc(OC)cc(OC)c1. The van der Waals surface area contributed by atoms with Gasteiger partial charge in [-0.15, -0.1) is 0 Å². The van der Waals surface area contributed by atoms with E-state index in [4.69, 9.17) is 9.47 Å². The fourth-order valence-corrected chi connectivity index (χ4v) is 1.21. The first-order valence-corrected chi connectivity index (χ1v) is 4.86. The third-order valence-corrected chi connectivity index (χ3v) is 1.94. The molecule has 1 aromatic carbocycles. The molecule has 0 aliphatic heterocycles. The Morgan fingerprint density at radius 1 is 1.19 bits per heavy atom. The van der Waals surface area contributed by atoms with Gasteiger partial charge in [0.1, 0.15) is 11.5 Å². The van der Waals surface area contributed by atoms with Gasteiger partial charge >= 0.3 is 0 Å². The van der Waals surface area contributed by atoms with Crippen molar-refractivity contribution in [3.8, 4) is 11.5 Å². The highest BCUT2D eigenvalue weighted by Crippen LogP contribution is 2.25. The van der Waals surface area contributed by atoms with Crippen LogP contribution in [-0.2, 0) is 4.79 Å². The first-order chi connectivity index (χ1) is 7.69. The maximum absolute atomic E-state index is 11.3. The number of rotatable bonds is 4. The van der Waals surface area contributed by atoms with Crippen molar-refractivity contribution in [1.29, 1.82) is 0 Å². The van der Waals surface area contributed by atoms with Gasteiger partial charge in [0.05, 0.1) is 14.2 Å². The van der Waals surface area contributed by atoms with E-state index in [1.54, 1.807) is 45.4 Å². The lowest BCUT2D eigenvalue weighted by molar-refractivity contribution is -0.111. The average Bonchev–Trinajstić information content (AvgIpc) is 2.28. The summed E-state index contributed by atoms with van der Waals surface area (Å²) in [6.07, 6.45) is 3.12. The molecule has 0 saturated carbocycles. The summed E-state index contributed by atoms with van der Waals surface area (Å²) in [4.78, 5) is 11.3. The van der Waals surface area contributed by atoms with E-state index in [1.165, 1.54) is 6.08 Å². The van der Waals surface area contributed by atoms with Crippen molar-refractivity contribution >= 4 is 11.6 Å². The summed E-state index contributed by atoms with van der Waals surface area (Å²) in [5.41, 5.74) is 0.638. The number of methoxy groups -OCH3 is 2. The normalized spacial score (nSPS) is 10.2. The summed E-state index contributed by atoms with van der Waals surface area (Å²) in [5, 5.41) is 2.71. The highest BCUT2D eigenvalue weighted by atomic mass is 16.5. The third kappa shape index (κ3) is 3.31. The van der Waals surface area contributed by atoms with Crippen molar-refractivity contribution in [2.24, 2.45) is 0 Å². The molecular formula is C12H15NO3. The Balaban J connectivity index is 2.90. The topological polar surface area (TPSA) is 47.6 Å². The number of nitrogens with one attached hydrogen (secondary N) is 1. The van der Waals surface area contributed by atoms with Crippen LogP contribution in [0.4, 0.5) is 5.69 Å². The van der Waals surface area contributed by atoms with E-state index in [0.29, 0.717) is 17.2 Å². The summed E-state index contributed by atoms with van der Waals surface area (Å²) >= 11 is 0. The van der Waals surface area contributed by atoms with Gasteiger partial charge in [-0.2, -0.15) is 0 Å². The van der Waals surface area contributed by atoms with E-state index in [-0.39, 0.29) is 5.91 Å². The Bertz CT molecular complexity index is 377. The molecule has 0 heterocycles. The van der Waals surface area contributed by atoms with Gasteiger partial charge in [-0.1, -0.05) is 6.08 Å². The number of ether oxygens (including phenoxy) is 2. The van der Waals surface area contributed by atoms with Gasteiger partial charge in [-0.05, 0) is 13.0 Å². The fraction of sp³-hybridized carbons (Fsp3) is 0.250. The zero-order valence-corrected chi connectivity index (χ0v) is 9.61. The van der Waals surface area contributed by atoms with Gasteiger partial charge in [-0.3, -0.25) is 4.79 Å². The number of hydrogen-bond donors (Lipinski definition) is 1. The van der Waals surface area contributed by atoms with Crippen LogP contribution >= 0.6 is 0 Å². The van der Waals surface area contributed by atoms with Crippen LogP contribution in [0, 0.1) is 0 Å². The molecule has 0 aliphatic carbocycles. The molecule has 0 atom stereocenters. The van der Waals surface area contributed by atoms with Crippen molar-refractivity contribution in [2.45, 2.75) is 6.92 Å². The van der Waals surface area contributed by atoms with Crippen molar-refractivity contribution in [2.75, 3.05) is 19.5 Å². The first kappa shape index (κ1) is 12.1. The Hall–Kier alpha value is -1.97. The number of hydrogen-bond acceptors (Lipinski definition) is 3. The number of carbonyl (C=O) groups excluding carboxylic acids is 1. The van der Waals surface area contributed by atoms with Crippen LogP contribution in [0.5, 0.6) is 11.5 Å². The van der Waals surface area contributed by atoms with Crippen molar-refractivity contribution in [1.82, 2.24) is 0 Å². The van der Waals surface area contributed by atoms with Gasteiger partial charge in [0.15, 0.2) is 0 Å². The molecule has 0 aliphatic rings. The van der Waals surface area contributed by atoms with Crippen LogP contribution in [0.3, 0.4) is 0 Å². The second-order valence-electron chi connectivity index (χ2n) is 3.09. The predicted octanol–water partition coefficient (Wildman–Crippen LogP) is 2.22. The summed E-state index contributed by atoms with van der Waals surface area (Å²) in [5.74, 6) is 1.09. The van der Waals surface area contributed by atoms with E-state index >= 15 is 0 Å². The number of benzene rings is 1. The van der Waals surface area contributed by atoms with Crippen LogP contribution < -0.4 is 14.8 Å². The summed E-state index contributed by atoms with van der Waals surface area (Å²) in [7, 11) is 3.12. The van der Waals surface area contributed by atoms with Crippen LogP contribution in [-0.4, -0.2) is 20.1 Å².